The second-order valence-electron chi connectivity index (χ2n) is 7.69. The van der Waals surface area contributed by atoms with Crippen molar-refractivity contribution in [3.05, 3.63) is 64.7 Å². The highest BCUT2D eigenvalue weighted by Gasteiger charge is 2.27. The van der Waals surface area contributed by atoms with Gasteiger partial charge >= 0.3 is 0 Å². The number of methoxy groups -OCH3 is 1. The smallest absolute Gasteiger partial charge is 0.266 e. The van der Waals surface area contributed by atoms with Crippen molar-refractivity contribution in [2.45, 2.75) is 52.0 Å². The van der Waals surface area contributed by atoms with Crippen molar-refractivity contribution in [1.82, 2.24) is 14.5 Å². The molecule has 164 valence electrons. The van der Waals surface area contributed by atoms with Crippen molar-refractivity contribution in [3.63, 3.8) is 0 Å². The molecule has 1 heterocycles. The van der Waals surface area contributed by atoms with E-state index in [1.54, 1.807) is 29.7 Å². The summed E-state index contributed by atoms with van der Waals surface area (Å²) in [5.41, 5.74) is 1.07. The molecule has 1 unspecified atom stereocenters. The van der Waals surface area contributed by atoms with Crippen LogP contribution < -0.4 is 10.3 Å². The molecule has 6 heteroatoms. The van der Waals surface area contributed by atoms with Crippen LogP contribution in [0, 0.1) is 0 Å². The summed E-state index contributed by atoms with van der Waals surface area (Å²) in [6.07, 6.45) is 4.08. The second-order valence-corrected chi connectivity index (χ2v) is 7.69. The van der Waals surface area contributed by atoms with Crippen molar-refractivity contribution in [2.75, 3.05) is 14.2 Å². The van der Waals surface area contributed by atoms with Gasteiger partial charge in [0.2, 0.25) is 5.91 Å². The van der Waals surface area contributed by atoms with Crippen molar-refractivity contribution in [1.29, 1.82) is 0 Å². The molecule has 0 bridgehead atoms. The molecule has 3 rings (SSSR count). The molecule has 3 aromatic rings. The van der Waals surface area contributed by atoms with Gasteiger partial charge in [0.1, 0.15) is 11.6 Å². The minimum Gasteiger partial charge on any atom is -0.495 e. The summed E-state index contributed by atoms with van der Waals surface area (Å²) < 4.78 is 7.14. The topological polar surface area (TPSA) is 64.4 Å². The average molecular weight is 422 g/mol. The lowest BCUT2D eigenvalue weighted by atomic mass is 10.1. The number of nitrogens with zero attached hydrogens (tertiary/aromatic N) is 3. The summed E-state index contributed by atoms with van der Waals surface area (Å²) in [4.78, 5) is 33.1. The first-order valence-electron chi connectivity index (χ1n) is 10.9. The van der Waals surface area contributed by atoms with Crippen LogP contribution in [-0.2, 0) is 4.79 Å². The van der Waals surface area contributed by atoms with Crippen LogP contribution in [0.3, 0.4) is 0 Å². The number of amides is 1. The zero-order valence-electron chi connectivity index (χ0n) is 18.8. The predicted octanol–water partition coefficient (Wildman–Crippen LogP) is 4.88. The molecular weight excluding hydrogens is 390 g/mol. The number of para-hydroxylation sites is 3. The molecule has 0 spiro atoms. The first-order valence-corrected chi connectivity index (χ1v) is 10.9. The summed E-state index contributed by atoms with van der Waals surface area (Å²) in [6, 6.07) is 14.4. The zero-order chi connectivity index (χ0) is 22.4. The van der Waals surface area contributed by atoms with Crippen LogP contribution in [0.2, 0.25) is 0 Å². The minimum absolute atomic E-state index is 0.0642. The van der Waals surface area contributed by atoms with E-state index < -0.39 is 0 Å². The van der Waals surface area contributed by atoms with Gasteiger partial charge in [0.25, 0.3) is 5.56 Å². The van der Waals surface area contributed by atoms with Crippen LogP contribution in [-0.4, -0.2) is 34.5 Å². The molecule has 0 N–H and O–H groups in total. The van der Waals surface area contributed by atoms with E-state index >= 15 is 0 Å². The van der Waals surface area contributed by atoms with Gasteiger partial charge in [0, 0.05) is 13.5 Å². The van der Waals surface area contributed by atoms with Gasteiger partial charge in [-0.3, -0.25) is 14.2 Å². The Hall–Kier alpha value is -3.15. The Labute approximate surface area is 183 Å². The van der Waals surface area contributed by atoms with Crippen LogP contribution in [0.25, 0.3) is 16.6 Å². The van der Waals surface area contributed by atoms with E-state index in [1.165, 1.54) is 0 Å². The molecule has 6 nitrogen and oxygen atoms in total. The summed E-state index contributed by atoms with van der Waals surface area (Å²) in [5, 5.41) is 0.531. The first kappa shape index (κ1) is 22.5. The van der Waals surface area contributed by atoms with Crippen LogP contribution >= 0.6 is 0 Å². The van der Waals surface area contributed by atoms with E-state index in [2.05, 4.69) is 6.92 Å². The summed E-state index contributed by atoms with van der Waals surface area (Å²) in [6.45, 7) is 4.13. The molecule has 2 aromatic carbocycles. The van der Waals surface area contributed by atoms with Gasteiger partial charge in [-0.05, 0) is 37.1 Å². The van der Waals surface area contributed by atoms with E-state index in [-0.39, 0.29) is 17.5 Å². The van der Waals surface area contributed by atoms with Crippen molar-refractivity contribution in [3.8, 4) is 11.4 Å². The van der Waals surface area contributed by atoms with E-state index in [0.717, 1.165) is 19.3 Å². The maximum Gasteiger partial charge on any atom is 0.266 e. The highest BCUT2D eigenvalue weighted by atomic mass is 16.5. The van der Waals surface area contributed by atoms with Crippen LogP contribution in [0.4, 0.5) is 0 Å². The third-order valence-corrected chi connectivity index (χ3v) is 5.67. The SMILES string of the molecule is CCCCCC(=O)N(C)C(CC)c1nc2ccccc2c(=O)n1-c1ccccc1OC. The van der Waals surface area contributed by atoms with E-state index in [1.807, 2.05) is 49.4 Å². The number of hydrogen-bond donors (Lipinski definition) is 0. The number of benzene rings is 2. The van der Waals surface area contributed by atoms with E-state index in [0.29, 0.717) is 41.0 Å². The quantitative estimate of drug-likeness (QED) is 0.462. The van der Waals surface area contributed by atoms with Crippen molar-refractivity contribution in [2.24, 2.45) is 0 Å². The zero-order valence-corrected chi connectivity index (χ0v) is 18.8. The van der Waals surface area contributed by atoms with Crippen molar-refractivity contribution >= 4 is 16.8 Å². The molecule has 0 aliphatic rings. The Balaban J connectivity index is 2.20. The van der Waals surface area contributed by atoms with Gasteiger partial charge in [-0.2, -0.15) is 0 Å². The summed E-state index contributed by atoms with van der Waals surface area (Å²) in [5.74, 6) is 1.19. The average Bonchev–Trinajstić information content (AvgIpc) is 2.80. The second kappa shape index (κ2) is 10.2. The Morgan fingerprint density at radius 2 is 1.81 bits per heavy atom. The third kappa shape index (κ3) is 4.63. The molecule has 0 fully saturated rings. The summed E-state index contributed by atoms with van der Waals surface area (Å²) >= 11 is 0. The molecule has 0 aliphatic carbocycles. The van der Waals surface area contributed by atoms with Crippen molar-refractivity contribution < 1.29 is 9.53 Å². The fourth-order valence-electron chi connectivity index (χ4n) is 3.93. The van der Waals surface area contributed by atoms with Gasteiger partial charge in [-0.15, -0.1) is 0 Å². The highest BCUT2D eigenvalue weighted by molar-refractivity contribution is 5.79. The largest absolute Gasteiger partial charge is 0.495 e. The van der Waals surface area contributed by atoms with Crippen LogP contribution in [0.5, 0.6) is 5.75 Å². The Bertz CT molecular complexity index is 1110. The van der Waals surface area contributed by atoms with Crippen LogP contribution in [0.15, 0.2) is 53.3 Å². The van der Waals surface area contributed by atoms with Gasteiger partial charge in [-0.1, -0.05) is 51.0 Å². The number of rotatable bonds is 9. The van der Waals surface area contributed by atoms with Gasteiger partial charge in [0.15, 0.2) is 0 Å². The standard InChI is InChI=1S/C25H31N3O3/c1-5-7-8-17-23(29)27(3)20(6-2)24-26-19-14-10-9-13-18(19)25(30)28(24)21-15-11-12-16-22(21)31-4/h9-16,20H,5-8,17H2,1-4H3. The molecule has 1 atom stereocenters. The molecular formula is C25H31N3O3. The molecule has 0 radical (unpaired) electrons. The Morgan fingerprint density at radius 1 is 1.10 bits per heavy atom. The number of unbranched alkanes of at least 4 members (excludes halogenated alkanes) is 2. The first-order chi connectivity index (χ1) is 15.0. The Kier molecular flexibility index (Phi) is 7.45. The Morgan fingerprint density at radius 3 is 2.52 bits per heavy atom. The number of aromatic nitrogens is 2. The van der Waals surface area contributed by atoms with Gasteiger partial charge in [0.05, 0.1) is 29.7 Å². The number of hydrogen-bond acceptors (Lipinski definition) is 4. The van der Waals surface area contributed by atoms with E-state index in [4.69, 9.17) is 9.72 Å². The van der Waals surface area contributed by atoms with Gasteiger partial charge < -0.3 is 9.64 Å². The van der Waals surface area contributed by atoms with Gasteiger partial charge in [-0.25, -0.2) is 4.98 Å². The highest BCUT2D eigenvalue weighted by Crippen LogP contribution is 2.29. The fraction of sp³-hybridized carbons (Fsp3) is 0.400. The molecule has 1 aromatic heterocycles. The minimum atomic E-state index is -0.337. The molecule has 0 saturated heterocycles. The number of fused-ring (bicyclic) bond motifs is 1. The lowest BCUT2D eigenvalue weighted by Gasteiger charge is -2.29. The third-order valence-electron chi connectivity index (χ3n) is 5.67. The molecule has 0 saturated carbocycles. The number of carbonyl (C=O) groups excluding carboxylic acids is 1. The summed E-state index contributed by atoms with van der Waals surface area (Å²) in [7, 11) is 3.38. The molecule has 1 amide bonds. The fourth-order valence-corrected chi connectivity index (χ4v) is 3.93. The monoisotopic (exact) mass is 421 g/mol. The maximum atomic E-state index is 13.6. The predicted molar refractivity (Wildman–Crippen MR) is 124 cm³/mol. The lowest BCUT2D eigenvalue weighted by molar-refractivity contribution is -0.132. The normalized spacial score (nSPS) is 12.0. The van der Waals surface area contributed by atoms with E-state index in [9.17, 15) is 9.59 Å². The number of carbonyl (C=O) groups is 1. The van der Waals surface area contributed by atoms with Crippen LogP contribution in [0.1, 0.15) is 57.8 Å². The molecule has 0 aliphatic heterocycles. The number of ether oxygens (including phenoxy) is 1. The molecule has 31 heavy (non-hydrogen) atoms. The lowest BCUT2D eigenvalue weighted by Crippen LogP contribution is -2.36. The maximum absolute atomic E-state index is 13.6.